The van der Waals surface area contributed by atoms with Crippen molar-refractivity contribution >= 4 is 34.6 Å². The summed E-state index contributed by atoms with van der Waals surface area (Å²) in [4.78, 5) is 20.5. The number of rotatable bonds is 7. The molecule has 1 aromatic heterocycles. The number of benzene rings is 1. The summed E-state index contributed by atoms with van der Waals surface area (Å²) in [6, 6.07) is 6.88. The van der Waals surface area contributed by atoms with Crippen molar-refractivity contribution < 1.29 is 10.0 Å². The van der Waals surface area contributed by atoms with E-state index in [2.05, 4.69) is 15.3 Å². The van der Waals surface area contributed by atoms with Crippen molar-refractivity contribution in [1.82, 2.24) is 9.97 Å². The molecule has 0 saturated heterocycles. The van der Waals surface area contributed by atoms with Gasteiger partial charge in [0.05, 0.1) is 22.2 Å². The van der Waals surface area contributed by atoms with E-state index < -0.39 is 4.92 Å². The molecule has 0 radical (unpaired) electrons. The molecule has 0 atom stereocenters. The minimum absolute atomic E-state index is 0.0458. The van der Waals surface area contributed by atoms with Gasteiger partial charge in [-0.05, 0) is 19.1 Å². The topological polar surface area (TPSA) is 104 Å². The average Bonchev–Trinajstić information content (AvgIpc) is 2.54. The van der Waals surface area contributed by atoms with Gasteiger partial charge in [-0.2, -0.15) is 0 Å². The Labute approximate surface area is 137 Å². The Kier molecular flexibility index (Phi) is 5.67. The second kappa shape index (κ2) is 7.70. The van der Waals surface area contributed by atoms with Crippen molar-refractivity contribution in [1.29, 1.82) is 0 Å². The molecule has 0 bridgehead atoms. The maximum Gasteiger partial charge on any atom is 0.353 e. The number of nitrogens with zero attached hydrogens (tertiary/aromatic N) is 4. The van der Waals surface area contributed by atoms with Crippen LogP contribution in [0.1, 0.15) is 6.92 Å². The van der Waals surface area contributed by atoms with Crippen LogP contribution in [0.5, 0.6) is 0 Å². The first kappa shape index (κ1) is 16.9. The van der Waals surface area contributed by atoms with Crippen LogP contribution >= 0.6 is 11.6 Å². The van der Waals surface area contributed by atoms with Crippen LogP contribution in [0.25, 0.3) is 0 Å². The van der Waals surface area contributed by atoms with Crippen LogP contribution in [0.4, 0.5) is 23.0 Å². The van der Waals surface area contributed by atoms with E-state index in [-0.39, 0.29) is 30.5 Å². The second-order valence-corrected chi connectivity index (χ2v) is 4.97. The van der Waals surface area contributed by atoms with Crippen LogP contribution in [0, 0.1) is 10.1 Å². The van der Waals surface area contributed by atoms with Crippen molar-refractivity contribution in [3.05, 3.63) is 45.7 Å². The van der Waals surface area contributed by atoms with Gasteiger partial charge in [0.15, 0.2) is 0 Å². The van der Waals surface area contributed by atoms with Crippen LogP contribution in [-0.4, -0.2) is 39.7 Å². The molecule has 1 heterocycles. The van der Waals surface area contributed by atoms with Crippen molar-refractivity contribution in [3.8, 4) is 0 Å². The molecule has 0 saturated carbocycles. The number of hydrogen-bond donors (Lipinski definition) is 2. The highest BCUT2D eigenvalue weighted by Crippen LogP contribution is 2.34. The molecule has 0 spiro atoms. The van der Waals surface area contributed by atoms with Gasteiger partial charge in [-0.1, -0.05) is 23.7 Å². The summed E-state index contributed by atoms with van der Waals surface area (Å²) in [6.45, 7) is 2.38. The van der Waals surface area contributed by atoms with Gasteiger partial charge in [0.25, 0.3) is 0 Å². The number of nitrogens with one attached hydrogen (secondary N) is 1. The van der Waals surface area contributed by atoms with Crippen LogP contribution in [0.2, 0.25) is 5.02 Å². The first-order chi connectivity index (χ1) is 11.1. The first-order valence-corrected chi connectivity index (χ1v) is 7.33. The normalized spacial score (nSPS) is 10.4. The SMILES string of the molecule is CCN(CCO)c1ncnc(Nc2ccccc2Cl)c1[N+](=O)[O-]. The Bertz CT molecular complexity index is 698. The smallest absolute Gasteiger partial charge is 0.353 e. The summed E-state index contributed by atoms with van der Waals surface area (Å²) in [5.74, 6) is 0.195. The number of para-hydroxylation sites is 1. The van der Waals surface area contributed by atoms with Crippen LogP contribution < -0.4 is 10.2 Å². The van der Waals surface area contributed by atoms with Gasteiger partial charge in [-0.15, -0.1) is 0 Å². The van der Waals surface area contributed by atoms with Gasteiger partial charge >= 0.3 is 5.69 Å². The predicted octanol–water partition coefficient (Wildman–Crippen LogP) is 2.60. The molecule has 122 valence electrons. The third kappa shape index (κ3) is 3.85. The zero-order chi connectivity index (χ0) is 16.8. The van der Waals surface area contributed by atoms with Crippen LogP contribution in [-0.2, 0) is 0 Å². The quantitative estimate of drug-likeness (QED) is 0.591. The third-order valence-electron chi connectivity index (χ3n) is 3.16. The van der Waals surface area contributed by atoms with Crippen molar-refractivity contribution in [2.75, 3.05) is 29.9 Å². The van der Waals surface area contributed by atoms with Gasteiger partial charge in [0.2, 0.25) is 11.6 Å². The Morgan fingerprint density at radius 1 is 1.39 bits per heavy atom. The number of hydrogen-bond acceptors (Lipinski definition) is 7. The highest BCUT2D eigenvalue weighted by Gasteiger charge is 2.26. The molecular weight excluding hydrogens is 322 g/mol. The Hall–Kier alpha value is -2.45. The van der Waals surface area contributed by atoms with Gasteiger partial charge < -0.3 is 15.3 Å². The summed E-state index contributed by atoms with van der Waals surface area (Å²) in [7, 11) is 0. The zero-order valence-electron chi connectivity index (χ0n) is 12.4. The van der Waals surface area contributed by atoms with Gasteiger partial charge in [0, 0.05) is 13.1 Å². The first-order valence-electron chi connectivity index (χ1n) is 6.95. The summed E-state index contributed by atoms with van der Waals surface area (Å²) in [5.41, 5.74) is 0.245. The Morgan fingerprint density at radius 3 is 2.74 bits per heavy atom. The maximum atomic E-state index is 11.5. The minimum Gasteiger partial charge on any atom is -0.395 e. The van der Waals surface area contributed by atoms with E-state index in [1.54, 1.807) is 29.2 Å². The number of aliphatic hydroxyl groups excluding tert-OH is 1. The fraction of sp³-hybridized carbons (Fsp3) is 0.286. The van der Waals surface area contributed by atoms with Crippen molar-refractivity contribution in [2.45, 2.75) is 6.92 Å². The summed E-state index contributed by atoms with van der Waals surface area (Å²) in [5, 5.41) is 23.9. The summed E-state index contributed by atoms with van der Waals surface area (Å²) < 4.78 is 0. The lowest BCUT2D eigenvalue weighted by Gasteiger charge is -2.21. The summed E-state index contributed by atoms with van der Waals surface area (Å²) >= 11 is 6.07. The van der Waals surface area contributed by atoms with E-state index in [0.717, 1.165) is 0 Å². The number of nitro groups is 1. The predicted molar refractivity (Wildman–Crippen MR) is 88.4 cm³/mol. The lowest BCUT2D eigenvalue weighted by Crippen LogP contribution is -2.28. The molecule has 0 amide bonds. The average molecular weight is 338 g/mol. The molecule has 0 aliphatic carbocycles. The molecule has 9 heteroatoms. The lowest BCUT2D eigenvalue weighted by molar-refractivity contribution is -0.383. The molecule has 2 N–H and O–H groups in total. The van der Waals surface area contributed by atoms with Gasteiger partial charge in [-0.3, -0.25) is 10.1 Å². The van der Waals surface area contributed by atoms with Crippen LogP contribution in [0.15, 0.2) is 30.6 Å². The highest BCUT2D eigenvalue weighted by molar-refractivity contribution is 6.33. The number of anilines is 3. The Morgan fingerprint density at radius 2 is 2.13 bits per heavy atom. The van der Waals surface area contributed by atoms with E-state index in [1.807, 2.05) is 6.92 Å². The summed E-state index contributed by atoms with van der Waals surface area (Å²) in [6.07, 6.45) is 1.24. The van der Waals surface area contributed by atoms with Gasteiger partial charge in [0.1, 0.15) is 6.33 Å². The molecule has 23 heavy (non-hydrogen) atoms. The molecule has 0 unspecified atom stereocenters. The largest absolute Gasteiger partial charge is 0.395 e. The number of aliphatic hydroxyl groups is 1. The second-order valence-electron chi connectivity index (χ2n) is 4.56. The number of aromatic nitrogens is 2. The van der Waals surface area contributed by atoms with Crippen molar-refractivity contribution in [2.24, 2.45) is 0 Å². The van der Waals surface area contributed by atoms with E-state index >= 15 is 0 Å². The molecule has 2 rings (SSSR count). The maximum absolute atomic E-state index is 11.5. The molecule has 0 aliphatic rings. The van der Waals surface area contributed by atoms with E-state index in [4.69, 9.17) is 16.7 Å². The van der Waals surface area contributed by atoms with Crippen molar-refractivity contribution in [3.63, 3.8) is 0 Å². The minimum atomic E-state index is -0.547. The number of likely N-dealkylation sites (N-methyl/N-ethyl adjacent to an activating group) is 1. The molecule has 1 aromatic carbocycles. The van der Waals surface area contributed by atoms with E-state index in [1.165, 1.54) is 6.33 Å². The zero-order valence-corrected chi connectivity index (χ0v) is 13.2. The molecule has 0 aliphatic heterocycles. The molecule has 8 nitrogen and oxygen atoms in total. The molecular formula is C14H16ClN5O3. The fourth-order valence-electron chi connectivity index (χ4n) is 2.09. The fourth-order valence-corrected chi connectivity index (χ4v) is 2.27. The molecule has 0 fully saturated rings. The van der Waals surface area contributed by atoms with E-state index in [9.17, 15) is 10.1 Å². The third-order valence-corrected chi connectivity index (χ3v) is 3.49. The standard InChI is InChI=1S/C14H16ClN5O3/c1-2-19(7-8-21)14-12(20(22)23)13(16-9-17-14)18-11-6-4-3-5-10(11)15/h3-6,9,21H,2,7-8H2,1H3,(H,16,17,18). The van der Waals surface area contributed by atoms with E-state index in [0.29, 0.717) is 17.3 Å². The van der Waals surface area contributed by atoms with Crippen LogP contribution in [0.3, 0.4) is 0 Å². The highest BCUT2D eigenvalue weighted by atomic mass is 35.5. The lowest BCUT2D eigenvalue weighted by atomic mass is 10.3. The van der Waals surface area contributed by atoms with Gasteiger partial charge in [-0.25, -0.2) is 9.97 Å². The Balaban J connectivity index is 2.48. The monoisotopic (exact) mass is 337 g/mol. The molecule has 2 aromatic rings. The number of halogens is 1.